The molecular weight excluding hydrogens is 195 g/mol. The monoisotopic (exact) mass is 200 g/mol. The molecule has 0 radical (unpaired) electrons. The van der Waals surface area contributed by atoms with Crippen LogP contribution in [-0.2, 0) is 14.3 Å². The third kappa shape index (κ3) is 7.42. The second-order valence-electron chi connectivity index (χ2n) is 1.64. The smallest absolute Gasteiger partial charge is 0.317 e. The van der Waals surface area contributed by atoms with Crippen molar-refractivity contribution in [2.45, 2.75) is 11.3 Å². The zero-order chi connectivity index (χ0) is 8.85. The van der Waals surface area contributed by atoms with Crippen molar-refractivity contribution in [1.29, 1.82) is 0 Å². The van der Waals surface area contributed by atoms with E-state index in [1.807, 2.05) is 0 Å². The second-order valence-corrected chi connectivity index (χ2v) is 2.92. The number of carbonyl (C=O) groups is 2. The zero-order valence-electron chi connectivity index (χ0n) is 5.42. The third-order valence-electron chi connectivity index (χ3n) is 0.666. The summed E-state index contributed by atoms with van der Waals surface area (Å²) in [6.07, 6.45) is -0.666. The van der Waals surface area contributed by atoms with Gasteiger partial charge in [-0.3, -0.25) is 9.59 Å². The van der Waals surface area contributed by atoms with Gasteiger partial charge in [0, 0.05) is 0 Å². The molecule has 0 aliphatic rings. The van der Waals surface area contributed by atoms with E-state index >= 15 is 0 Å². The van der Waals surface area contributed by atoms with Gasteiger partial charge in [0.15, 0.2) is 0 Å². The molecule has 0 aromatic rings. The number of aliphatic carboxylic acids is 1. The fourth-order valence-electron chi connectivity index (χ4n) is 0.330. The zero-order valence-corrected chi connectivity index (χ0v) is 6.93. The second kappa shape index (κ2) is 5.21. The van der Waals surface area contributed by atoms with Crippen LogP contribution in [0.15, 0.2) is 0 Å². The summed E-state index contributed by atoms with van der Waals surface area (Å²) in [5.74, 6) is -2.08. The molecule has 0 unspecified atom stereocenters. The van der Waals surface area contributed by atoms with Crippen LogP contribution in [-0.4, -0.2) is 28.5 Å². The molecular formula is C5H6Cl2O4. The molecule has 64 valence electrons. The van der Waals surface area contributed by atoms with E-state index in [1.54, 1.807) is 0 Å². The Kier molecular flexibility index (Phi) is 4.98. The van der Waals surface area contributed by atoms with Gasteiger partial charge in [0.25, 0.3) is 0 Å². The van der Waals surface area contributed by atoms with Gasteiger partial charge in [-0.25, -0.2) is 0 Å². The first-order chi connectivity index (χ1) is 5.02. The minimum Gasteiger partial charge on any atom is -0.481 e. The predicted molar refractivity (Wildman–Crippen MR) is 38.7 cm³/mol. The minimum absolute atomic E-state index is 0.185. The van der Waals surface area contributed by atoms with Crippen LogP contribution in [0.3, 0.4) is 0 Å². The highest BCUT2D eigenvalue weighted by Gasteiger charge is 2.10. The van der Waals surface area contributed by atoms with Gasteiger partial charge in [0.05, 0.1) is 0 Å². The van der Waals surface area contributed by atoms with Gasteiger partial charge in [-0.05, 0) is 0 Å². The largest absolute Gasteiger partial charge is 0.481 e. The molecule has 0 atom stereocenters. The van der Waals surface area contributed by atoms with Crippen molar-refractivity contribution in [2.75, 3.05) is 6.61 Å². The molecule has 0 amide bonds. The fraction of sp³-hybridized carbons (Fsp3) is 0.600. The van der Waals surface area contributed by atoms with E-state index in [2.05, 4.69) is 4.74 Å². The highest BCUT2D eigenvalue weighted by atomic mass is 35.5. The first kappa shape index (κ1) is 10.5. The Bertz CT molecular complexity index is 157. The lowest BCUT2D eigenvalue weighted by atomic mass is 10.4. The van der Waals surface area contributed by atoms with E-state index in [4.69, 9.17) is 28.3 Å². The molecule has 0 aromatic carbocycles. The van der Waals surface area contributed by atoms with Crippen LogP contribution in [0.4, 0.5) is 0 Å². The van der Waals surface area contributed by atoms with Crippen molar-refractivity contribution in [3.63, 3.8) is 0 Å². The summed E-state index contributed by atoms with van der Waals surface area (Å²) in [7, 11) is 0. The quantitative estimate of drug-likeness (QED) is 0.415. The first-order valence-electron chi connectivity index (χ1n) is 2.68. The fourth-order valence-corrected chi connectivity index (χ4v) is 0.456. The molecule has 0 saturated carbocycles. The molecule has 11 heavy (non-hydrogen) atoms. The lowest BCUT2D eigenvalue weighted by Crippen LogP contribution is -2.13. The maximum atomic E-state index is 10.4. The summed E-state index contributed by atoms with van der Waals surface area (Å²) in [5.41, 5.74) is 0. The normalized spacial score (nSPS) is 9.73. The van der Waals surface area contributed by atoms with Crippen LogP contribution in [0.5, 0.6) is 0 Å². The van der Waals surface area contributed by atoms with Gasteiger partial charge in [-0.15, -0.1) is 23.2 Å². The van der Waals surface area contributed by atoms with E-state index in [-0.39, 0.29) is 6.61 Å². The number of rotatable bonds is 4. The Balaban J connectivity index is 3.46. The maximum absolute atomic E-state index is 10.4. The van der Waals surface area contributed by atoms with Gasteiger partial charge in [-0.1, -0.05) is 0 Å². The number of esters is 1. The van der Waals surface area contributed by atoms with Crippen molar-refractivity contribution >= 4 is 35.1 Å². The Morgan fingerprint density at radius 3 is 2.36 bits per heavy atom. The van der Waals surface area contributed by atoms with E-state index in [1.165, 1.54) is 0 Å². The molecule has 0 rings (SSSR count). The summed E-state index contributed by atoms with van der Waals surface area (Å²) in [6, 6.07) is 0. The number of carbonyl (C=O) groups excluding carboxylic acids is 1. The summed E-state index contributed by atoms with van der Waals surface area (Å²) in [4.78, 5) is 19.5. The summed E-state index contributed by atoms with van der Waals surface area (Å²) >= 11 is 10.4. The number of halogens is 2. The lowest BCUT2D eigenvalue weighted by Gasteiger charge is -2.01. The average Bonchev–Trinajstić information content (AvgIpc) is 1.82. The van der Waals surface area contributed by atoms with Gasteiger partial charge < -0.3 is 9.84 Å². The highest BCUT2D eigenvalue weighted by molar-refractivity contribution is 6.44. The molecule has 0 aliphatic carbocycles. The van der Waals surface area contributed by atoms with E-state index < -0.39 is 23.2 Å². The number of hydrogen-bond acceptors (Lipinski definition) is 3. The number of carboxylic acids is 1. The number of hydrogen-bond donors (Lipinski definition) is 1. The molecule has 0 aliphatic heterocycles. The Hall–Kier alpha value is -0.480. The number of ether oxygens (including phenoxy) is 1. The molecule has 0 fully saturated rings. The molecule has 0 aromatic heterocycles. The van der Waals surface area contributed by atoms with E-state index in [9.17, 15) is 9.59 Å². The average molecular weight is 201 g/mol. The number of alkyl halides is 2. The van der Waals surface area contributed by atoms with Crippen LogP contribution >= 0.6 is 23.2 Å². The van der Waals surface area contributed by atoms with Crippen LogP contribution in [0, 0.1) is 0 Å². The molecule has 4 nitrogen and oxygen atoms in total. The summed E-state index contributed by atoms with van der Waals surface area (Å²) < 4.78 is 4.33. The summed E-state index contributed by atoms with van der Waals surface area (Å²) in [5, 5.41) is 8.08. The van der Waals surface area contributed by atoms with Gasteiger partial charge in [-0.2, -0.15) is 0 Å². The SMILES string of the molecule is O=C(O)CC(=O)OCC(Cl)Cl. The van der Waals surface area contributed by atoms with Crippen molar-refractivity contribution < 1.29 is 19.4 Å². The van der Waals surface area contributed by atoms with Gasteiger partial charge in [0.1, 0.15) is 17.9 Å². The van der Waals surface area contributed by atoms with Crippen molar-refractivity contribution in [2.24, 2.45) is 0 Å². The maximum Gasteiger partial charge on any atom is 0.317 e. The van der Waals surface area contributed by atoms with Crippen LogP contribution in [0.2, 0.25) is 0 Å². The standard InChI is InChI=1S/C5H6Cl2O4/c6-3(7)2-11-5(10)1-4(8)9/h3H,1-2H2,(H,8,9). The summed E-state index contributed by atoms with van der Waals surface area (Å²) in [6.45, 7) is -0.185. The van der Waals surface area contributed by atoms with Crippen LogP contribution in [0.1, 0.15) is 6.42 Å². The molecule has 6 heteroatoms. The Labute approximate surface area is 73.0 Å². The van der Waals surface area contributed by atoms with E-state index in [0.717, 1.165) is 0 Å². The highest BCUT2D eigenvalue weighted by Crippen LogP contribution is 2.01. The molecule has 0 saturated heterocycles. The molecule has 0 heterocycles. The van der Waals surface area contributed by atoms with Crippen molar-refractivity contribution in [3.8, 4) is 0 Å². The lowest BCUT2D eigenvalue weighted by molar-refractivity contribution is -0.150. The van der Waals surface area contributed by atoms with Crippen LogP contribution < -0.4 is 0 Å². The van der Waals surface area contributed by atoms with Crippen molar-refractivity contribution in [1.82, 2.24) is 0 Å². The topological polar surface area (TPSA) is 63.6 Å². The molecule has 0 bridgehead atoms. The van der Waals surface area contributed by atoms with Gasteiger partial charge >= 0.3 is 11.9 Å². The van der Waals surface area contributed by atoms with E-state index in [0.29, 0.717) is 0 Å². The van der Waals surface area contributed by atoms with Gasteiger partial charge in [0.2, 0.25) is 0 Å². The minimum atomic E-state index is -1.24. The molecule has 1 N–H and O–H groups in total. The van der Waals surface area contributed by atoms with Crippen molar-refractivity contribution in [3.05, 3.63) is 0 Å². The predicted octanol–water partition coefficient (Wildman–Crippen LogP) is 0.808. The van der Waals surface area contributed by atoms with Crippen LogP contribution in [0.25, 0.3) is 0 Å². The Morgan fingerprint density at radius 2 is 2.00 bits per heavy atom. The number of carboxylic acid groups (broad SMARTS) is 1. The third-order valence-corrected chi connectivity index (χ3v) is 0.918. The Morgan fingerprint density at radius 1 is 1.45 bits per heavy atom. The first-order valence-corrected chi connectivity index (χ1v) is 3.55. The molecule has 0 spiro atoms.